The summed E-state index contributed by atoms with van der Waals surface area (Å²) in [6, 6.07) is 8.07. The van der Waals surface area contributed by atoms with Gasteiger partial charge < -0.3 is 19.4 Å². The first-order chi connectivity index (χ1) is 25.3. The van der Waals surface area contributed by atoms with Gasteiger partial charge in [-0.2, -0.15) is 0 Å². The second kappa shape index (κ2) is 14.4. The quantitative estimate of drug-likeness (QED) is 0.225. The first kappa shape index (κ1) is 36.9. The van der Waals surface area contributed by atoms with Crippen molar-refractivity contribution in [3.8, 4) is 22.5 Å². The molecule has 11 nitrogen and oxygen atoms in total. The standard InChI is InChI=1S/C40H47FN6O5S/c1-8-46-32-12-11-24-14-27(32)28(36(46)26-10-9-13-42-35(26)23(4)51-7)17-40(5,6)20-52-39(50)30-15-25(41)18-47(45-30)38(49)29(16-33-43-31(24)19-53-33)44-37(48)34-21(2)22(34)3/h9-15,19,21-23,29-30,34,45H,8,16-18,20H2,1-7H3,(H,44,48). The minimum atomic E-state index is -1.23. The lowest BCUT2D eigenvalue weighted by atomic mass is 9.84. The van der Waals surface area contributed by atoms with Gasteiger partial charge in [-0.05, 0) is 68.0 Å². The van der Waals surface area contributed by atoms with Crippen LogP contribution in [0.4, 0.5) is 4.39 Å². The molecule has 5 unspecified atom stereocenters. The highest BCUT2D eigenvalue weighted by Gasteiger charge is 2.49. The van der Waals surface area contributed by atoms with Gasteiger partial charge in [-0.3, -0.25) is 19.6 Å². The number of halogens is 1. The molecule has 3 aliphatic rings. The fraction of sp³-hybridized carbons (Fsp3) is 0.475. The van der Waals surface area contributed by atoms with Crippen LogP contribution in [-0.4, -0.2) is 69.7 Å². The molecule has 13 heteroatoms. The van der Waals surface area contributed by atoms with Crippen molar-refractivity contribution in [3.05, 3.63) is 70.1 Å². The fourth-order valence-electron chi connectivity index (χ4n) is 7.74. The van der Waals surface area contributed by atoms with Crippen LogP contribution < -0.4 is 10.7 Å². The van der Waals surface area contributed by atoms with Crippen LogP contribution in [0.15, 0.2) is 53.8 Å². The van der Waals surface area contributed by atoms with Crippen LogP contribution in [0.2, 0.25) is 0 Å². The summed E-state index contributed by atoms with van der Waals surface area (Å²) in [5.41, 5.74) is 8.87. The van der Waals surface area contributed by atoms with Crippen molar-refractivity contribution in [1.82, 2.24) is 30.3 Å². The molecule has 0 radical (unpaired) electrons. The van der Waals surface area contributed by atoms with Crippen molar-refractivity contribution >= 4 is 40.0 Å². The number of ether oxygens (including phenoxy) is 2. The van der Waals surface area contributed by atoms with E-state index in [0.29, 0.717) is 18.0 Å². The largest absolute Gasteiger partial charge is 0.464 e. The molecule has 1 saturated carbocycles. The summed E-state index contributed by atoms with van der Waals surface area (Å²) in [6.07, 6.45) is 3.29. The number of carbonyl (C=O) groups is 3. The third kappa shape index (κ3) is 7.14. The van der Waals surface area contributed by atoms with E-state index in [2.05, 4.69) is 46.5 Å². The molecule has 1 fully saturated rings. The number of benzene rings is 1. The number of cyclic esters (lactones) is 1. The second-order valence-corrected chi connectivity index (χ2v) is 16.3. The predicted molar refractivity (Wildman–Crippen MR) is 201 cm³/mol. The van der Waals surface area contributed by atoms with Gasteiger partial charge in [0.15, 0.2) is 0 Å². The molecule has 0 spiro atoms. The van der Waals surface area contributed by atoms with Gasteiger partial charge >= 0.3 is 5.97 Å². The Bertz CT molecular complexity index is 2100. The number of aryl methyl sites for hydroxylation is 1. The van der Waals surface area contributed by atoms with Crippen molar-refractivity contribution in [1.29, 1.82) is 0 Å². The van der Waals surface area contributed by atoms with E-state index >= 15 is 4.39 Å². The van der Waals surface area contributed by atoms with Crippen molar-refractivity contribution in [2.45, 2.75) is 79.1 Å². The molecule has 1 aromatic carbocycles. The lowest BCUT2D eigenvalue weighted by Gasteiger charge is -2.33. The molecule has 7 rings (SSSR count). The van der Waals surface area contributed by atoms with Gasteiger partial charge in [0.1, 0.15) is 17.9 Å². The van der Waals surface area contributed by atoms with Crippen LogP contribution in [0.1, 0.15) is 63.9 Å². The number of hydrazine groups is 1. The summed E-state index contributed by atoms with van der Waals surface area (Å²) in [5, 5.41) is 7.65. The number of nitrogens with zero attached hydrogens (tertiary/aromatic N) is 4. The highest BCUT2D eigenvalue weighted by Crippen LogP contribution is 2.46. The lowest BCUT2D eigenvalue weighted by molar-refractivity contribution is -0.152. The summed E-state index contributed by atoms with van der Waals surface area (Å²) in [4.78, 5) is 50.6. The number of carbonyl (C=O) groups excluding carboxylic acids is 3. The summed E-state index contributed by atoms with van der Waals surface area (Å²) in [5.74, 6) is -1.95. The monoisotopic (exact) mass is 742 g/mol. The van der Waals surface area contributed by atoms with E-state index in [1.54, 1.807) is 13.3 Å². The Kier molecular flexibility index (Phi) is 10.0. The van der Waals surface area contributed by atoms with Gasteiger partial charge in [0.25, 0.3) is 5.91 Å². The fourth-order valence-corrected chi connectivity index (χ4v) is 8.59. The summed E-state index contributed by atoms with van der Waals surface area (Å²) in [6.45, 7) is 12.5. The van der Waals surface area contributed by atoms with E-state index in [1.165, 1.54) is 11.3 Å². The Morgan fingerprint density at radius 1 is 1.23 bits per heavy atom. The molecule has 3 aromatic heterocycles. The van der Waals surface area contributed by atoms with E-state index in [4.69, 9.17) is 19.4 Å². The molecule has 280 valence electrons. The average molecular weight is 743 g/mol. The maximum absolute atomic E-state index is 15.2. The predicted octanol–water partition coefficient (Wildman–Crippen LogP) is 6.18. The molecular weight excluding hydrogens is 696 g/mol. The van der Waals surface area contributed by atoms with Crippen LogP contribution in [0.3, 0.4) is 0 Å². The number of pyridine rings is 1. The Morgan fingerprint density at radius 2 is 2.00 bits per heavy atom. The molecular formula is C40H47FN6O5S. The Balaban J connectivity index is 1.36. The van der Waals surface area contributed by atoms with Crippen molar-refractivity contribution < 1.29 is 28.2 Å². The molecule has 0 saturated heterocycles. The number of methoxy groups -OCH3 is 1. The number of esters is 1. The lowest BCUT2D eigenvalue weighted by Crippen LogP contribution is -2.60. The number of rotatable bonds is 6. The van der Waals surface area contributed by atoms with Gasteiger partial charge in [-0.15, -0.1) is 11.3 Å². The minimum absolute atomic E-state index is 0.0333. The Hall–Kier alpha value is -4.46. The molecule has 2 aliphatic heterocycles. The summed E-state index contributed by atoms with van der Waals surface area (Å²) in [7, 11) is 1.67. The van der Waals surface area contributed by atoms with Gasteiger partial charge in [-0.25, -0.2) is 19.6 Å². The second-order valence-electron chi connectivity index (χ2n) is 15.3. The highest BCUT2D eigenvalue weighted by molar-refractivity contribution is 7.10. The molecule has 1 aliphatic carbocycles. The Morgan fingerprint density at radius 3 is 2.72 bits per heavy atom. The molecule has 2 N–H and O–H groups in total. The zero-order chi connectivity index (χ0) is 37.8. The SMILES string of the molecule is CCn1c(-c2cccnc2C(C)OC)c2c3cc(ccc31)-c1csc(n1)CC(NC(=O)C1C(C)C1C)C(=O)N1CC(F)=CC(N1)C(=O)OCC(C)(C)C2. The van der Waals surface area contributed by atoms with E-state index in [-0.39, 0.29) is 42.8 Å². The van der Waals surface area contributed by atoms with Crippen LogP contribution >= 0.6 is 11.3 Å². The minimum Gasteiger partial charge on any atom is -0.464 e. The number of fused-ring (bicyclic) bond motifs is 6. The first-order valence-corrected chi connectivity index (χ1v) is 19.2. The molecule has 5 atom stereocenters. The van der Waals surface area contributed by atoms with Crippen LogP contribution in [-0.2, 0) is 43.2 Å². The molecule has 4 aromatic rings. The van der Waals surface area contributed by atoms with E-state index in [9.17, 15) is 14.4 Å². The third-order valence-electron chi connectivity index (χ3n) is 11.0. The van der Waals surface area contributed by atoms with E-state index in [0.717, 1.165) is 55.8 Å². The number of nitrogens with one attached hydrogen (secondary N) is 2. The van der Waals surface area contributed by atoms with Crippen molar-refractivity contribution in [2.75, 3.05) is 20.3 Å². The smallest absolute Gasteiger partial charge is 0.329 e. The number of amides is 2. The number of hydrogen-bond acceptors (Lipinski definition) is 9. The van der Waals surface area contributed by atoms with E-state index < -0.39 is 41.7 Å². The molecule has 6 bridgehead atoms. The van der Waals surface area contributed by atoms with Crippen LogP contribution in [0.25, 0.3) is 33.4 Å². The van der Waals surface area contributed by atoms with Crippen LogP contribution in [0, 0.1) is 23.2 Å². The maximum Gasteiger partial charge on any atom is 0.329 e. The molecule has 5 heterocycles. The summed E-state index contributed by atoms with van der Waals surface area (Å²) < 4.78 is 29.1. The number of aromatic nitrogens is 3. The van der Waals surface area contributed by atoms with Crippen LogP contribution in [0.5, 0.6) is 0 Å². The topological polar surface area (TPSA) is 128 Å². The summed E-state index contributed by atoms with van der Waals surface area (Å²) >= 11 is 1.40. The average Bonchev–Trinajstić information content (AvgIpc) is 3.42. The first-order valence-electron chi connectivity index (χ1n) is 18.3. The van der Waals surface area contributed by atoms with Crippen molar-refractivity contribution in [3.63, 3.8) is 0 Å². The van der Waals surface area contributed by atoms with Gasteiger partial charge in [0.2, 0.25) is 5.91 Å². The molecule has 53 heavy (non-hydrogen) atoms. The van der Waals surface area contributed by atoms with E-state index in [1.807, 2.05) is 46.1 Å². The maximum atomic E-state index is 15.2. The van der Waals surface area contributed by atoms with Gasteiger partial charge in [0, 0.05) is 65.0 Å². The highest BCUT2D eigenvalue weighted by atomic mass is 32.1. The van der Waals surface area contributed by atoms with Gasteiger partial charge in [-0.1, -0.05) is 33.8 Å². The Labute approximate surface area is 312 Å². The van der Waals surface area contributed by atoms with Crippen molar-refractivity contribution in [2.24, 2.45) is 23.2 Å². The number of thiazole rings is 1. The third-order valence-corrected chi connectivity index (χ3v) is 11.9. The number of hydrogen-bond donors (Lipinski definition) is 2. The van der Waals surface area contributed by atoms with Gasteiger partial charge in [0.05, 0.1) is 41.3 Å². The zero-order valence-corrected chi connectivity index (χ0v) is 32.1. The normalized spacial score (nSPS) is 25.0. The zero-order valence-electron chi connectivity index (χ0n) is 31.2. The molecule has 2 amide bonds.